The van der Waals surface area contributed by atoms with Crippen LogP contribution in [0.2, 0.25) is 0 Å². The maximum Gasteiger partial charge on any atom is 0.118 e. The molecule has 1 aliphatic rings. The average Bonchev–Trinajstić information content (AvgIpc) is 2.44. The van der Waals surface area contributed by atoms with Crippen LogP contribution in [0.3, 0.4) is 0 Å². The number of hydrogen-bond donors (Lipinski definition) is 2. The van der Waals surface area contributed by atoms with Crippen molar-refractivity contribution in [2.45, 2.75) is 30.8 Å². The van der Waals surface area contributed by atoms with Crippen LogP contribution in [0.5, 0.6) is 5.75 Å². The highest BCUT2D eigenvalue weighted by atomic mass is 16.5. The number of methoxy groups -OCH3 is 1. The zero-order chi connectivity index (χ0) is 15.5. The molecule has 0 radical (unpaired) electrons. The summed E-state index contributed by atoms with van der Waals surface area (Å²) in [5.41, 5.74) is 0.166. The molecule has 4 heteroatoms. The van der Waals surface area contributed by atoms with Crippen molar-refractivity contribution in [3.8, 4) is 5.75 Å². The van der Waals surface area contributed by atoms with Crippen molar-refractivity contribution in [3.63, 3.8) is 0 Å². The highest BCUT2D eigenvalue weighted by molar-refractivity contribution is 5.32. The summed E-state index contributed by atoms with van der Waals surface area (Å²) in [7, 11) is 5.64. The summed E-state index contributed by atoms with van der Waals surface area (Å²) in [6, 6.07) is 7.83. The van der Waals surface area contributed by atoms with Gasteiger partial charge in [0.2, 0.25) is 0 Å². The Kier molecular flexibility index (Phi) is 4.91. The Hall–Kier alpha value is -1.52. The molecule has 2 unspecified atom stereocenters. The second-order valence-corrected chi connectivity index (χ2v) is 6.10. The van der Waals surface area contributed by atoms with Gasteiger partial charge >= 0.3 is 0 Å². The Morgan fingerprint density at radius 3 is 2.48 bits per heavy atom. The van der Waals surface area contributed by atoms with E-state index in [1.165, 1.54) is 0 Å². The van der Waals surface area contributed by atoms with Gasteiger partial charge in [0.25, 0.3) is 0 Å². The smallest absolute Gasteiger partial charge is 0.118 e. The van der Waals surface area contributed by atoms with E-state index in [4.69, 9.17) is 4.74 Å². The summed E-state index contributed by atoms with van der Waals surface area (Å²) in [5.74, 6) is 1.05. The third-order valence-electron chi connectivity index (χ3n) is 4.16. The van der Waals surface area contributed by atoms with Crippen LogP contribution in [-0.2, 0) is 0 Å². The topological polar surface area (TPSA) is 52.9 Å². The second kappa shape index (κ2) is 6.50. The van der Waals surface area contributed by atoms with Crippen LogP contribution >= 0.6 is 0 Å². The third-order valence-corrected chi connectivity index (χ3v) is 4.16. The molecular formula is C17H25NO3. The molecule has 2 N–H and O–H groups in total. The molecule has 0 saturated heterocycles. The lowest BCUT2D eigenvalue weighted by Gasteiger charge is -2.39. The molecule has 0 bridgehead atoms. The van der Waals surface area contributed by atoms with Crippen molar-refractivity contribution in [2.75, 3.05) is 27.7 Å². The van der Waals surface area contributed by atoms with E-state index in [2.05, 4.69) is 4.90 Å². The number of likely N-dealkylation sites (N-methyl/N-ethyl adjacent to an activating group) is 1. The van der Waals surface area contributed by atoms with Crippen molar-refractivity contribution >= 4 is 0 Å². The largest absolute Gasteiger partial charge is 0.513 e. The lowest BCUT2D eigenvalue weighted by molar-refractivity contribution is -0.0161. The van der Waals surface area contributed by atoms with Gasteiger partial charge in [-0.1, -0.05) is 12.1 Å². The number of ether oxygens (including phenoxy) is 1. The monoisotopic (exact) mass is 291 g/mol. The highest BCUT2D eigenvalue weighted by Crippen LogP contribution is 2.40. The van der Waals surface area contributed by atoms with Gasteiger partial charge in [-0.15, -0.1) is 0 Å². The van der Waals surface area contributed by atoms with Crippen LogP contribution in [0.1, 0.15) is 30.7 Å². The summed E-state index contributed by atoms with van der Waals surface area (Å²) in [6.07, 6.45) is 3.50. The SMILES string of the molecule is COc1ccc(C(CN(C)C)C2(O)CCC=C(O)C2)cc1. The Bertz CT molecular complexity index is 495. The first-order chi connectivity index (χ1) is 9.94. The van der Waals surface area contributed by atoms with E-state index in [1.807, 2.05) is 38.4 Å². The molecule has 0 heterocycles. The summed E-state index contributed by atoms with van der Waals surface area (Å²) >= 11 is 0. The fourth-order valence-corrected chi connectivity index (χ4v) is 3.05. The van der Waals surface area contributed by atoms with Crippen LogP contribution < -0.4 is 4.74 Å². The van der Waals surface area contributed by atoms with Crippen LogP contribution in [0.25, 0.3) is 0 Å². The molecule has 0 saturated carbocycles. The summed E-state index contributed by atoms with van der Waals surface area (Å²) in [5, 5.41) is 20.9. The molecule has 1 aromatic rings. The molecule has 2 atom stereocenters. The average molecular weight is 291 g/mol. The third kappa shape index (κ3) is 3.77. The van der Waals surface area contributed by atoms with E-state index in [0.717, 1.165) is 17.9 Å². The Balaban J connectivity index is 2.30. The molecule has 2 rings (SSSR count). The fraction of sp³-hybridized carbons (Fsp3) is 0.529. The van der Waals surface area contributed by atoms with E-state index in [0.29, 0.717) is 25.0 Å². The number of aliphatic hydroxyl groups excluding tert-OH is 1. The van der Waals surface area contributed by atoms with E-state index in [1.54, 1.807) is 13.2 Å². The van der Waals surface area contributed by atoms with E-state index in [9.17, 15) is 10.2 Å². The van der Waals surface area contributed by atoms with Gasteiger partial charge in [-0.25, -0.2) is 0 Å². The van der Waals surface area contributed by atoms with Crippen LogP contribution in [0.4, 0.5) is 0 Å². The first-order valence-electron chi connectivity index (χ1n) is 7.33. The van der Waals surface area contributed by atoms with Gasteiger partial charge in [-0.05, 0) is 50.7 Å². The molecule has 0 amide bonds. The molecule has 0 fully saturated rings. The van der Waals surface area contributed by atoms with Gasteiger partial charge in [0.1, 0.15) is 5.75 Å². The van der Waals surface area contributed by atoms with Gasteiger partial charge in [0.05, 0.1) is 18.5 Å². The predicted molar refractivity (Wildman–Crippen MR) is 83.8 cm³/mol. The summed E-state index contributed by atoms with van der Waals surface area (Å²) in [6.45, 7) is 0.732. The Labute approximate surface area is 126 Å². The maximum absolute atomic E-state index is 11.1. The zero-order valence-corrected chi connectivity index (χ0v) is 13.0. The van der Waals surface area contributed by atoms with Crippen molar-refractivity contribution in [1.82, 2.24) is 4.90 Å². The quantitative estimate of drug-likeness (QED) is 0.876. The number of hydrogen-bond acceptors (Lipinski definition) is 4. The Morgan fingerprint density at radius 2 is 1.95 bits per heavy atom. The lowest BCUT2D eigenvalue weighted by Crippen LogP contribution is -2.43. The van der Waals surface area contributed by atoms with Crippen molar-refractivity contribution < 1.29 is 14.9 Å². The van der Waals surface area contributed by atoms with Gasteiger partial charge in [-0.2, -0.15) is 0 Å². The van der Waals surface area contributed by atoms with Crippen molar-refractivity contribution in [2.24, 2.45) is 0 Å². The van der Waals surface area contributed by atoms with Gasteiger partial charge in [-0.3, -0.25) is 0 Å². The first-order valence-corrected chi connectivity index (χ1v) is 7.33. The minimum absolute atomic E-state index is 0.0470. The molecule has 0 aromatic heterocycles. The van der Waals surface area contributed by atoms with Crippen LogP contribution in [0, 0.1) is 0 Å². The minimum atomic E-state index is -0.905. The summed E-state index contributed by atoms with van der Waals surface area (Å²) < 4.78 is 5.20. The fourth-order valence-electron chi connectivity index (χ4n) is 3.05. The number of nitrogens with zero attached hydrogens (tertiary/aromatic N) is 1. The van der Waals surface area contributed by atoms with Crippen LogP contribution in [-0.4, -0.2) is 48.5 Å². The number of aliphatic hydroxyl groups is 2. The molecule has 21 heavy (non-hydrogen) atoms. The lowest BCUT2D eigenvalue weighted by atomic mass is 9.74. The van der Waals surface area contributed by atoms with Gasteiger partial charge in [0.15, 0.2) is 0 Å². The van der Waals surface area contributed by atoms with E-state index >= 15 is 0 Å². The van der Waals surface area contributed by atoms with Gasteiger partial charge in [0, 0.05) is 18.9 Å². The van der Waals surface area contributed by atoms with E-state index in [-0.39, 0.29) is 5.92 Å². The Morgan fingerprint density at radius 1 is 1.29 bits per heavy atom. The summed E-state index contributed by atoms with van der Waals surface area (Å²) in [4.78, 5) is 2.07. The molecule has 1 aromatic carbocycles. The predicted octanol–water partition coefficient (Wildman–Crippen LogP) is 2.70. The zero-order valence-electron chi connectivity index (χ0n) is 13.0. The normalized spacial score (nSPS) is 23.8. The molecule has 116 valence electrons. The highest BCUT2D eigenvalue weighted by Gasteiger charge is 2.40. The minimum Gasteiger partial charge on any atom is -0.513 e. The number of benzene rings is 1. The molecule has 4 nitrogen and oxygen atoms in total. The molecular weight excluding hydrogens is 266 g/mol. The van der Waals surface area contributed by atoms with E-state index < -0.39 is 5.60 Å². The number of rotatable bonds is 5. The molecule has 1 aliphatic carbocycles. The van der Waals surface area contributed by atoms with Crippen molar-refractivity contribution in [3.05, 3.63) is 41.7 Å². The standard InChI is InChI=1S/C17H25NO3/c1-18(2)12-16(13-6-8-15(21-3)9-7-13)17(20)10-4-5-14(19)11-17/h5-9,16,19-20H,4,10-12H2,1-3H3. The second-order valence-electron chi connectivity index (χ2n) is 6.10. The van der Waals surface area contributed by atoms with Crippen LogP contribution in [0.15, 0.2) is 36.1 Å². The van der Waals surface area contributed by atoms with Gasteiger partial charge < -0.3 is 19.8 Å². The van der Waals surface area contributed by atoms with Crippen molar-refractivity contribution in [1.29, 1.82) is 0 Å². The maximum atomic E-state index is 11.1. The molecule has 0 spiro atoms. The first kappa shape index (κ1) is 15.9. The number of allylic oxidation sites excluding steroid dienone is 1. The molecule has 0 aliphatic heterocycles.